The fourth-order valence-corrected chi connectivity index (χ4v) is 2.50. The van der Waals surface area contributed by atoms with E-state index in [1.54, 1.807) is 0 Å². The van der Waals surface area contributed by atoms with Gasteiger partial charge in [-0.15, -0.1) is 0 Å². The lowest BCUT2D eigenvalue weighted by molar-refractivity contribution is 0.0246. The van der Waals surface area contributed by atoms with E-state index in [9.17, 15) is 5.11 Å². The molecule has 0 aromatic heterocycles. The van der Waals surface area contributed by atoms with Gasteiger partial charge in [0.25, 0.3) is 0 Å². The van der Waals surface area contributed by atoms with Gasteiger partial charge in [0.1, 0.15) is 0 Å². The smallest absolute Gasteiger partial charge is 0.0899 e. The average molecular weight is 186 g/mol. The Labute approximate surface area is 84.1 Å². The van der Waals surface area contributed by atoms with Crippen molar-refractivity contribution >= 4 is 5.57 Å². The Bertz CT molecular complexity index is 399. The summed E-state index contributed by atoms with van der Waals surface area (Å²) in [6.07, 6.45) is 6.23. The largest absolute Gasteiger partial charge is 0.385 e. The van der Waals surface area contributed by atoms with Gasteiger partial charge in [-0.05, 0) is 42.4 Å². The van der Waals surface area contributed by atoms with Gasteiger partial charge in [-0.1, -0.05) is 30.3 Å². The molecule has 2 aliphatic rings. The molecule has 0 spiro atoms. The first-order valence-corrected chi connectivity index (χ1v) is 5.31. The molecule has 0 bridgehead atoms. The summed E-state index contributed by atoms with van der Waals surface area (Å²) in [6.45, 7) is 0. The highest BCUT2D eigenvalue weighted by Crippen LogP contribution is 2.46. The van der Waals surface area contributed by atoms with E-state index < -0.39 is 5.60 Å². The summed E-state index contributed by atoms with van der Waals surface area (Å²) in [5, 5.41) is 10.3. The van der Waals surface area contributed by atoms with Crippen LogP contribution in [0.4, 0.5) is 0 Å². The Hall–Kier alpha value is -1.08. The van der Waals surface area contributed by atoms with Crippen molar-refractivity contribution < 1.29 is 5.11 Å². The van der Waals surface area contributed by atoms with E-state index in [-0.39, 0.29) is 0 Å². The minimum atomic E-state index is -0.493. The minimum absolute atomic E-state index is 0.493. The Morgan fingerprint density at radius 1 is 1.14 bits per heavy atom. The Morgan fingerprint density at radius 2 is 1.93 bits per heavy atom. The topological polar surface area (TPSA) is 20.2 Å². The first-order chi connectivity index (χ1) is 6.80. The third-order valence-corrected chi connectivity index (χ3v) is 3.52. The molecule has 0 aliphatic heterocycles. The Morgan fingerprint density at radius 3 is 2.64 bits per heavy atom. The number of aliphatic hydroxyl groups is 1. The molecule has 0 radical (unpaired) electrons. The van der Waals surface area contributed by atoms with E-state index in [0.29, 0.717) is 0 Å². The highest BCUT2D eigenvalue weighted by Gasteiger charge is 2.40. The van der Waals surface area contributed by atoms with Crippen molar-refractivity contribution in [2.75, 3.05) is 0 Å². The van der Waals surface area contributed by atoms with E-state index in [1.165, 1.54) is 16.7 Å². The van der Waals surface area contributed by atoms with E-state index in [2.05, 4.69) is 30.3 Å². The van der Waals surface area contributed by atoms with Crippen LogP contribution in [0.25, 0.3) is 5.57 Å². The highest BCUT2D eigenvalue weighted by molar-refractivity contribution is 5.78. The molecule has 2 aliphatic carbocycles. The van der Waals surface area contributed by atoms with Crippen LogP contribution in [-0.4, -0.2) is 10.7 Å². The zero-order chi connectivity index (χ0) is 9.60. The van der Waals surface area contributed by atoms with E-state index in [0.717, 1.165) is 25.7 Å². The third kappa shape index (κ3) is 0.992. The molecule has 0 atom stereocenters. The lowest BCUT2D eigenvalue weighted by Gasteiger charge is -2.38. The van der Waals surface area contributed by atoms with Gasteiger partial charge < -0.3 is 5.11 Å². The van der Waals surface area contributed by atoms with Crippen molar-refractivity contribution in [3.8, 4) is 0 Å². The van der Waals surface area contributed by atoms with Crippen molar-refractivity contribution in [3.63, 3.8) is 0 Å². The second kappa shape index (κ2) is 2.71. The van der Waals surface area contributed by atoms with Crippen LogP contribution in [0, 0.1) is 0 Å². The predicted octanol–water partition coefficient (Wildman–Crippen LogP) is 2.54. The maximum absolute atomic E-state index is 10.3. The Balaban J connectivity index is 2.04. The van der Waals surface area contributed by atoms with Crippen LogP contribution < -0.4 is 0 Å². The average Bonchev–Trinajstić information content (AvgIpc) is 2.58. The monoisotopic (exact) mass is 186 g/mol. The number of hydrogen-bond donors (Lipinski definition) is 1. The summed E-state index contributed by atoms with van der Waals surface area (Å²) in [7, 11) is 0. The van der Waals surface area contributed by atoms with Gasteiger partial charge >= 0.3 is 0 Å². The molecular formula is C13H14O. The van der Waals surface area contributed by atoms with Gasteiger partial charge in [-0.3, -0.25) is 0 Å². The molecule has 0 saturated heterocycles. The lowest BCUT2D eigenvalue weighted by Crippen LogP contribution is -2.37. The number of benzene rings is 1. The Kier molecular flexibility index (Phi) is 1.59. The molecule has 1 aromatic rings. The zero-order valence-corrected chi connectivity index (χ0v) is 8.16. The quantitative estimate of drug-likeness (QED) is 0.714. The third-order valence-electron chi connectivity index (χ3n) is 3.52. The highest BCUT2D eigenvalue weighted by atomic mass is 16.3. The van der Waals surface area contributed by atoms with Crippen molar-refractivity contribution in [2.45, 2.75) is 31.3 Å². The molecule has 0 heterocycles. The fourth-order valence-electron chi connectivity index (χ4n) is 2.50. The van der Waals surface area contributed by atoms with E-state index in [1.807, 2.05) is 0 Å². The molecule has 1 aromatic carbocycles. The zero-order valence-electron chi connectivity index (χ0n) is 8.16. The van der Waals surface area contributed by atoms with Crippen molar-refractivity contribution in [1.82, 2.24) is 0 Å². The SMILES string of the molecule is OC1(C2=CCc3ccccc32)CCC1. The van der Waals surface area contributed by atoms with Crippen molar-refractivity contribution in [3.05, 3.63) is 41.5 Å². The molecule has 1 heteroatoms. The van der Waals surface area contributed by atoms with Crippen LogP contribution in [0.3, 0.4) is 0 Å². The van der Waals surface area contributed by atoms with Crippen LogP contribution in [0.5, 0.6) is 0 Å². The number of fused-ring (bicyclic) bond motifs is 1. The molecule has 1 fully saturated rings. The van der Waals surface area contributed by atoms with Crippen LogP contribution in [-0.2, 0) is 6.42 Å². The first kappa shape index (κ1) is 8.25. The minimum Gasteiger partial charge on any atom is -0.385 e. The molecule has 1 saturated carbocycles. The molecular weight excluding hydrogens is 172 g/mol. The summed E-state index contributed by atoms with van der Waals surface area (Å²) < 4.78 is 0. The number of rotatable bonds is 1. The molecule has 14 heavy (non-hydrogen) atoms. The number of hydrogen-bond acceptors (Lipinski definition) is 1. The summed E-state index contributed by atoms with van der Waals surface area (Å²) >= 11 is 0. The van der Waals surface area contributed by atoms with Gasteiger partial charge in [0.05, 0.1) is 5.60 Å². The van der Waals surface area contributed by atoms with Gasteiger partial charge in [0.15, 0.2) is 0 Å². The van der Waals surface area contributed by atoms with E-state index in [4.69, 9.17) is 0 Å². The second-order valence-electron chi connectivity index (χ2n) is 4.36. The van der Waals surface area contributed by atoms with Crippen molar-refractivity contribution in [2.24, 2.45) is 0 Å². The molecule has 3 rings (SSSR count). The van der Waals surface area contributed by atoms with Crippen LogP contribution in [0.1, 0.15) is 30.4 Å². The summed E-state index contributed by atoms with van der Waals surface area (Å²) in [6, 6.07) is 8.41. The maximum atomic E-state index is 10.3. The maximum Gasteiger partial charge on any atom is 0.0899 e. The molecule has 72 valence electrons. The van der Waals surface area contributed by atoms with Gasteiger partial charge in [0, 0.05) is 0 Å². The summed E-state index contributed by atoms with van der Waals surface area (Å²) in [5.41, 5.74) is 3.32. The van der Waals surface area contributed by atoms with Crippen molar-refractivity contribution in [1.29, 1.82) is 0 Å². The summed E-state index contributed by atoms with van der Waals surface area (Å²) in [4.78, 5) is 0. The van der Waals surface area contributed by atoms with E-state index >= 15 is 0 Å². The van der Waals surface area contributed by atoms with Crippen LogP contribution >= 0.6 is 0 Å². The molecule has 0 unspecified atom stereocenters. The van der Waals surface area contributed by atoms with Gasteiger partial charge in [-0.25, -0.2) is 0 Å². The van der Waals surface area contributed by atoms with Crippen LogP contribution in [0.2, 0.25) is 0 Å². The molecule has 0 amide bonds. The normalized spacial score (nSPS) is 22.5. The summed E-state index contributed by atoms with van der Waals surface area (Å²) in [5.74, 6) is 0. The van der Waals surface area contributed by atoms with Crippen LogP contribution in [0.15, 0.2) is 30.3 Å². The lowest BCUT2D eigenvalue weighted by atomic mass is 9.73. The first-order valence-electron chi connectivity index (χ1n) is 5.31. The molecule has 1 nitrogen and oxygen atoms in total. The van der Waals surface area contributed by atoms with Gasteiger partial charge in [-0.2, -0.15) is 0 Å². The second-order valence-corrected chi connectivity index (χ2v) is 4.36. The van der Waals surface area contributed by atoms with Gasteiger partial charge in [0.2, 0.25) is 0 Å². The fraction of sp³-hybridized carbons (Fsp3) is 0.385. The number of allylic oxidation sites excluding steroid dienone is 1. The predicted molar refractivity (Wildman–Crippen MR) is 56.9 cm³/mol. The molecule has 1 N–H and O–H groups in total. The standard InChI is InChI=1S/C13H14O/c14-13(8-3-9-13)12-7-6-10-4-1-2-5-11(10)12/h1-2,4-5,7,14H,3,6,8-9H2.